The second-order valence-electron chi connectivity index (χ2n) is 5.36. The Balaban J connectivity index is 4.42. The van der Waals surface area contributed by atoms with Gasteiger partial charge in [-0.2, -0.15) is 0 Å². The van der Waals surface area contributed by atoms with Gasteiger partial charge in [0.2, 0.25) is 17.7 Å². The van der Waals surface area contributed by atoms with Crippen molar-refractivity contribution in [1.29, 1.82) is 0 Å². The summed E-state index contributed by atoms with van der Waals surface area (Å²) in [5, 5.41) is 24.4. The molecule has 132 valence electrons. The van der Waals surface area contributed by atoms with E-state index in [2.05, 4.69) is 16.0 Å². The zero-order valence-corrected chi connectivity index (χ0v) is 13.3. The highest BCUT2D eigenvalue weighted by atomic mass is 16.4. The highest BCUT2D eigenvalue weighted by molar-refractivity contribution is 5.92. The number of carboxylic acid groups (broad SMARTS) is 1. The topological polar surface area (TPSA) is 171 Å². The Hall–Kier alpha value is -2.20. The van der Waals surface area contributed by atoms with Crippen LogP contribution in [0.4, 0.5) is 0 Å². The smallest absolute Gasteiger partial charge is 0.325 e. The van der Waals surface area contributed by atoms with E-state index in [0.29, 0.717) is 0 Å². The maximum absolute atomic E-state index is 11.7. The largest absolute Gasteiger partial charge is 0.480 e. The number of rotatable bonds is 9. The molecule has 3 amide bonds. The van der Waals surface area contributed by atoms with Gasteiger partial charge in [0, 0.05) is 0 Å². The van der Waals surface area contributed by atoms with Crippen LogP contribution in [0.1, 0.15) is 20.8 Å². The number of nitrogens with two attached hydrogens (primary N) is 1. The molecule has 0 fully saturated rings. The second-order valence-corrected chi connectivity index (χ2v) is 5.36. The van der Waals surface area contributed by atoms with Crippen molar-refractivity contribution in [2.24, 2.45) is 11.7 Å². The summed E-state index contributed by atoms with van der Waals surface area (Å²) in [7, 11) is 0. The van der Waals surface area contributed by atoms with E-state index in [1.165, 1.54) is 6.92 Å². The molecule has 0 rings (SSSR count). The molecule has 0 aromatic rings. The molecule has 10 heteroatoms. The van der Waals surface area contributed by atoms with Crippen LogP contribution >= 0.6 is 0 Å². The zero-order valence-electron chi connectivity index (χ0n) is 13.3. The third-order valence-corrected chi connectivity index (χ3v) is 3.01. The number of amides is 3. The standard InChI is InChI=1S/C13H24N4O6/c1-6(2)10(14)12(21)15-4-9(19)17-8(5-18)11(20)16-7(3)13(22)23/h6-8,10,18H,4-5,14H2,1-3H3,(H,15,21)(H,16,20)(H,17,19)(H,22,23)/t7-,8-,10?/m0/s1. The molecule has 7 N–H and O–H groups in total. The first-order valence-corrected chi connectivity index (χ1v) is 7.06. The van der Waals surface area contributed by atoms with Crippen LogP contribution in [0.2, 0.25) is 0 Å². The van der Waals surface area contributed by atoms with Crippen LogP contribution in [0.25, 0.3) is 0 Å². The summed E-state index contributed by atoms with van der Waals surface area (Å²) in [4.78, 5) is 45.6. The highest BCUT2D eigenvalue weighted by Crippen LogP contribution is 1.97. The van der Waals surface area contributed by atoms with Crippen molar-refractivity contribution in [3.8, 4) is 0 Å². The van der Waals surface area contributed by atoms with Gasteiger partial charge in [-0.1, -0.05) is 13.8 Å². The third-order valence-electron chi connectivity index (χ3n) is 3.01. The fourth-order valence-electron chi connectivity index (χ4n) is 1.40. The average Bonchev–Trinajstić information content (AvgIpc) is 2.48. The van der Waals surface area contributed by atoms with Gasteiger partial charge < -0.3 is 31.9 Å². The molecule has 0 aliphatic rings. The molecule has 0 aromatic carbocycles. The molecule has 0 aliphatic carbocycles. The van der Waals surface area contributed by atoms with Crippen LogP contribution in [-0.2, 0) is 19.2 Å². The van der Waals surface area contributed by atoms with E-state index in [9.17, 15) is 19.2 Å². The zero-order chi connectivity index (χ0) is 18.2. The van der Waals surface area contributed by atoms with Crippen molar-refractivity contribution >= 4 is 23.7 Å². The molecule has 1 unspecified atom stereocenters. The molecule has 10 nitrogen and oxygen atoms in total. The molecular weight excluding hydrogens is 308 g/mol. The number of carboxylic acids is 1. The number of hydrogen-bond donors (Lipinski definition) is 6. The van der Waals surface area contributed by atoms with Crippen LogP contribution in [0.5, 0.6) is 0 Å². The lowest BCUT2D eigenvalue weighted by Crippen LogP contribution is -2.54. The molecule has 0 bridgehead atoms. The minimum atomic E-state index is -1.32. The van der Waals surface area contributed by atoms with E-state index >= 15 is 0 Å². The summed E-state index contributed by atoms with van der Waals surface area (Å²) in [6.07, 6.45) is 0. The van der Waals surface area contributed by atoms with E-state index in [4.69, 9.17) is 15.9 Å². The molecule has 0 aromatic heterocycles. The first-order valence-electron chi connectivity index (χ1n) is 7.06. The van der Waals surface area contributed by atoms with Crippen LogP contribution in [0.15, 0.2) is 0 Å². The van der Waals surface area contributed by atoms with Gasteiger partial charge in [0.15, 0.2) is 0 Å². The number of hydrogen-bond acceptors (Lipinski definition) is 6. The molecule has 0 saturated carbocycles. The SMILES string of the molecule is CC(C)C(N)C(=O)NCC(=O)N[C@@H](CO)C(=O)N[C@@H](C)C(=O)O. The highest BCUT2D eigenvalue weighted by Gasteiger charge is 2.24. The molecule has 0 aliphatic heterocycles. The first-order chi connectivity index (χ1) is 10.6. The summed E-state index contributed by atoms with van der Waals surface area (Å²) in [6, 6.07) is -3.26. The summed E-state index contributed by atoms with van der Waals surface area (Å²) >= 11 is 0. The van der Waals surface area contributed by atoms with Gasteiger partial charge in [-0.3, -0.25) is 19.2 Å². The maximum atomic E-state index is 11.7. The lowest BCUT2D eigenvalue weighted by Gasteiger charge is -2.19. The van der Waals surface area contributed by atoms with Crippen molar-refractivity contribution < 1.29 is 29.4 Å². The van der Waals surface area contributed by atoms with Gasteiger partial charge in [-0.15, -0.1) is 0 Å². The molecule has 0 heterocycles. The number of aliphatic carboxylic acids is 1. The normalized spacial score (nSPS) is 14.5. The number of aliphatic hydroxyl groups excluding tert-OH is 1. The van der Waals surface area contributed by atoms with Crippen molar-refractivity contribution in [3.63, 3.8) is 0 Å². The molecule has 23 heavy (non-hydrogen) atoms. The van der Waals surface area contributed by atoms with Gasteiger partial charge in [0.1, 0.15) is 12.1 Å². The lowest BCUT2D eigenvalue weighted by atomic mass is 10.1. The monoisotopic (exact) mass is 332 g/mol. The summed E-state index contributed by atoms with van der Waals surface area (Å²) in [6.45, 7) is 3.60. The van der Waals surface area contributed by atoms with Crippen LogP contribution in [0.3, 0.4) is 0 Å². The fourth-order valence-corrected chi connectivity index (χ4v) is 1.40. The Morgan fingerprint density at radius 3 is 2.04 bits per heavy atom. The van der Waals surface area contributed by atoms with Gasteiger partial charge in [0.05, 0.1) is 19.2 Å². The predicted molar refractivity (Wildman–Crippen MR) is 80.1 cm³/mol. The number of nitrogens with one attached hydrogen (secondary N) is 3. The van der Waals surface area contributed by atoms with E-state index in [1.54, 1.807) is 13.8 Å². The molecule has 0 radical (unpaired) electrons. The number of aliphatic hydroxyl groups is 1. The van der Waals surface area contributed by atoms with Gasteiger partial charge in [-0.05, 0) is 12.8 Å². The van der Waals surface area contributed by atoms with E-state index in [0.717, 1.165) is 0 Å². The summed E-state index contributed by atoms with van der Waals surface area (Å²) < 4.78 is 0. The van der Waals surface area contributed by atoms with Gasteiger partial charge in [0.25, 0.3) is 0 Å². The Labute approximate surface area is 133 Å². The number of carbonyl (C=O) groups is 4. The van der Waals surface area contributed by atoms with E-state index < -0.39 is 55.0 Å². The lowest BCUT2D eigenvalue weighted by molar-refractivity contribution is -0.142. The Morgan fingerprint density at radius 2 is 1.61 bits per heavy atom. The van der Waals surface area contributed by atoms with Gasteiger partial charge in [-0.25, -0.2) is 0 Å². The molecule has 3 atom stereocenters. The minimum Gasteiger partial charge on any atom is -0.480 e. The molecular formula is C13H24N4O6. The van der Waals surface area contributed by atoms with Crippen molar-refractivity contribution in [1.82, 2.24) is 16.0 Å². The average molecular weight is 332 g/mol. The van der Waals surface area contributed by atoms with Crippen LogP contribution in [0, 0.1) is 5.92 Å². The van der Waals surface area contributed by atoms with Crippen LogP contribution < -0.4 is 21.7 Å². The fraction of sp³-hybridized carbons (Fsp3) is 0.692. The van der Waals surface area contributed by atoms with E-state index in [1.807, 2.05) is 0 Å². The Morgan fingerprint density at radius 1 is 1.04 bits per heavy atom. The first kappa shape index (κ1) is 20.8. The quantitative estimate of drug-likeness (QED) is 0.264. The van der Waals surface area contributed by atoms with Crippen LogP contribution in [-0.4, -0.2) is 65.2 Å². The maximum Gasteiger partial charge on any atom is 0.325 e. The second kappa shape index (κ2) is 9.74. The third kappa shape index (κ3) is 7.56. The predicted octanol–water partition coefficient (Wildman–Crippen LogP) is -2.85. The summed E-state index contributed by atoms with van der Waals surface area (Å²) in [5.41, 5.74) is 5.60. The Bertz CT molecular complexity index is 454. The minimum absolute atomic E-state index is 0.105. The molecule has 0 spiro atoms. The molecule has 0 saturated heterocycles. The van der Waals surface area contributed by atoms with Crippen molar-refractivity contribution in [2.45, 2.75) is 38.9 Å². The van der Waals surface area contributed by atoms with Crippen molar-refractivity contribution in [3.05, 3.63) is 0 Å². The van der Waals surface area contributed by atoms with E-state index in [-0.39, 0.29) is 5.92 Å². The van der Waals surface area contributed by atoms with Gasteiger partial charge >= 0.3 is 5.97 Å². The Kier molecular flexibility index (Phi) is 8.81. The number of carbonyl (C=O) groups excluding carboxylic acids is 3. The summed E-state index contributed by atoms with van der Waals surface area (Å²) in [5.74, 6) is -3.44. The van der Waals surface area contributed by atoms with Crippen molar-refractivity contribution in [2.75, 3.05) is 13.2 Å².